The highest BCUT2D eigenvalue weighted by atomic mass is 16.4. The van der Waals surface area contributed by atoms with Crippen LogP contribution in [0.4, 0.5) is 5.69 Å². The summed E-state index contributed by atoms with van der Waals surface area (Å²) in [5.74, 6) is -0.728. The minimum Gasteiger partial charge on any atom is -0.478 e. The van der Waals surface area contributed by atoms with Gasteiger partial charge in [0.05, 0.1) is 17.4 Å². The first-order valence-electron chi connectivity index (χ1n) is 6.24. The number of furan rings is 1. The number of carbonyl (C=O) groups is 2. The number of hydrogen-bond acceptors (Lipinski definition) is 3. The van der Waals surface area contributed by atoms with Gasteiger partial charge in [-0.1, -0.05) is 13.0 Å². The zero-order valence-corrected chi connectivity index (χ0v) is 11.3. The lowest BCUT2D eigenvalue weighted by Crippen LogP contribution is -2.14. The number of benzene rings is 1. The van der Waals surface area contributed by atoms with E-state index in [9.17, 15) is 9.59 Å². The van der Waals surface area contributed by atoms with E-state index in [1.165, 1.54) is 18.4 Å². The van der Waals surface area contributed by atoms with Crippen LogP contribution in [0.25, 0.3) is 0 Å². The molecule has 5 nitrogen and oxygen atoms in total. The van der Waals surface area contributed by atoms with Gasteiger partial charge in [-0.05, 0) is 30.7 Å². The Morgan fingerprint density at radius 3 is 2.70 bits per heavy atom. The van der Waals surface area contributed by atoms with Crippen molar-refractivity contribution in [2.75, 3.05) is 5.32 Å². The van der Waals surface area contributed by atoms with Crippen LogP contribution in [0, 0.1) is 6.92 Å². The molecular formula is C15H15NO4. The standard InChI is InChI=1S/C15H15NO4/c1-3-13-11(6-7-20-13)14(17)16-12-8-10(15(18)19)5-4-9(12)2/h4-8H,3H2,1-2H3,(H,16,17)(H,18,19). The number of carboxylic acid groups (broad SMARTS) is 1. The summed E-state index contributed by atoms with van der Waals surface area (Å²) < 4.78 is 5.21. The van der Waals surface area contributed by atoms with Crippen molar-refractivity contribution in [2.24, 2.45) is 0 Å². The molecule has 0 saturated carbocycles. The Labute approximate surface area is 116 Å². The van der Waals surface area contributed by atoms with E-state index in [1.54, 1.807) is 19.1 Å². The first-order valence-corrected chi connectivity index (χ1v) is 6.24. The second-order valence-electron chi connectivity index (χ2n) is 4.40. The first kappa shape index (κ1) is 13.9. The number of aryl methyl sites for hydroxylation is 2. The molecule has 5 heteroatoms. The Morgan fingerprint density at radius 1 is 1.30 bits per heavy atom. The maximum Gasteiger partial charge on any atom is 0.335 e. The highest BCUT2D eigenvalue weighted by Gasteiger charge is 2.15. The number of carbonyl (C=O) groups excluding carboxylic acids is 1. The van der Waals surface area contributed by atoms with Crippen LogP contribution in [0.5, 0.6) is 0 Å². The third-order valence-electron chi connectivity index (χ3n) is 3.04. The van der Waals surface area contributed by atoms with Crippen molar-refractivity contribution in [2.45, 2.75) is 20.3 Å². The van der Waals surface area contributed by atoms with Crippen LogP contribution in [-0.2, 0) is 6.42 Å². The molecule has 0 bridgehead atoms. The van der Waals surface area contributed by atoms with Gasteiger partial charge in [-0.2, -0.15) is 0 Å². The van der Waals surface area contributed by atoms with Crippen LogP contribution >= 0.6 is 0 Å². The maximum atomic E-state index is 12.2. The molecule has 0 aliphatic rings. The average molecular weight is 273 g/mol. The van der Waals surface area contributed by atoms with Crippen LogP contribution < -0.4 is 5.32 Å². The lowest BCUT2D eigenvalue weighted by atomic mass is 10.1. The minimum absolute atomic E-state index is 0.133. The van der Waals surface area contributed by atoms with Gasteiger partial charge in [0.1, 0.15) is 5.76 Å². The van der Waals surface area contributed by atoms with Gasteiger partial charge in [0.15, 0.2) is 0 Å². The summed E-state index contributed by atoms with van der Waals surface area (Å²) in [7, 11) is 0. The van der Waals surface area contributed by atoms with Crippen molar-refractivity contribution < 1.29 is 19.1 Å². The van der Waals surface area contributed by atoms with Crippen LogP contribution in [0.1, 0.15) is 39.0 Å². The van der Waals surface area contributed by atoms with Crippen LogP contribution in [0.2, 0.25) is 0 Å². The Morgan fingerprint density at radius 2 is 2.05 bits per heavy atom. The van der Waals surface area contributed by atoms with Gasteiger partial charge in [-0.3, -0.25) is 4.79 Å². The van der Waals surface area contributed by atoms with Crippen LogP contribution in [0.3, 0.4) is 0 Å². The van der Waals surface area contributed by atoms with Gasteiger partial charge in [-0.25, -0.2) is 4.79 Å². The summed E-state index contributed by atoms with van der Waals surface area (Å²) in [5, 5.41) is 11.7. The van der Waals surface area contributed by atoms with Crippen LogP contribution in [0.15, 0.2) is 34.9 Å². The summed E-state index contributed by atoms with van der Waals surface area (Å²) in [6.45, 7) is 3.70. The Balaban J connectivity index is 2.28. The van der Waals surface area contributed by atoms with Gasteiger partial charge >= 0.3 is 5.97 Å². The fraction of sp³-hybridized carbons (Fsp3) is 0.200. The van der Waals surface area contributed by atoms with Crippen molar-refractivity contribution >= 4 is 17.6 Å². The number of anilines is 1. The lowest BCUT2D eigenvalue weighted by molar-refractivity contribution is 0.0696. The number of carboxylic acids is 1. The summed E-state index contributed by atoms with van der Waals surface area (Å²) >= 11 is 0. The molecule has 0 atom stereocenters. The maximum absolute atomic E-state index is 12.2. The quantitative estimate of drug-likeness (QED) is 0.897. The number of nitrogens with one attached hydrogen (secondary N) is 1. The normalized spacial score (nSPS) is 10.3. The lowest BCUT2D eigenvalue weighted by Gasteiger charge is -2.09. The van der Waals surface area contributed by atoms with Crippen molar-refractivity contribution in [3.63, 3.8) is 0 Å². The molecule has 1 aromatic heterocycles. The van der Waals surface area contributed by atoms with E-state index in [1.807, 2.05) is 6.92 Å². The third kappa shape index (κ3) is 2.71. The second kappa shape index (κ2) is 5.61. The molecule has 0 aliphatic heterocycles. The van der Waals surface area contributed by atoms with Crippen molar-refractivity contribution in [1.82, 2.24) is 0 Å². The molecule has 2 aromatic rings. The molecule has 1 amide bonds. The van der Waals surface area contributed by atoms with Gasteiger partial charge in [0.25, 0.3) is 5.91 Å². The predicted octanol–water partition coefficient (Wildman–Crippen LogP) is 3.10. The first-order chi connectivity index (χ1) is 9.52. The molecule has 0 spiro atoms. The largest absolute Gasteiger partial charge is 0.478 e. The fourth-order valence-electron chi connectivity index (χ4n) is 1.90. The molecule has 104 valence electrons. The SMILES string of the molecule is CCc1occc1C(=O)Nc1cc(C(=O)O)ccc1C. The number of amides is 1. The highest BCUT2D eigenvalue weighted by Crippen LogP contribution is 2.19. The van der Waals surface area contributed by atoms with E-state index in [0.29, 0.717) is 23.4 Å². The van der Waals surface area contributed by atoms with Gasteiger partial charge < -0.3 is 14.8 Å². The highest BCUT2D eigenvalue weighted by molar-refractivity contribution is 6.05. The van der Waals surface area contributed by atoms with E-state index in [2.05, 4.69) is 5.32 Å². The fourth-order valence-corrected chi connectivity index (χ4v) is 1.90. The zero-order valence-electron chi connectivity index (χ0n) is 11.3. The summed E-state index contributed by atoms with van der Waals surface area (Å²) in [6.07, 6.45) is 2.08. The van der Waals surface area contributed by atoms with Crippen molar-refractivity contribution in [3.05, 3.63) is 53.0 Å². The van der Waals surface area contributed by atoms with Crippen molar-refractivity contribution in [3.8, 4) is 0 Å². The molecule has 0 fully saturated rings. The number of aromatic carboxylic acids is 1. The third-order valence-corrected chi connectivity index (χ3v) is 3.04. The smallest absolute Gasteiger partial charge is 0.335 e. The molecule has 20 heavy (non-hydrogen) atoms. The molecule has 2 rings (SSSR count). The Kier molecular flexibility index (Phi) is 3.89. The molecular weight excluding hydrogens is 258 g/mol. The molecule has 2 N–H and O–H groups in total. The predicted molar refractivity (Wildman–Crippen MR) is 74.2 cm³/mol. The molecule has 0 unspecified atom stereocenters. The molecule has 1 aromatic carbocycles. The zero-order chi connectivity index (χ0) is 14.7. The Hall–Kier alpha value is -2.56. The van der Waals surface area contributed by atoms with Crippen molar-refractivity contribution in [1.29, 1.82) is 0 Å². The van der Waals surface area contributed by atoms with Gasteiger partial charge in [0.2, 0.25) is 0 Å². The summed E-state index contributed by atoms with van der Waals surface area (Å²) in [5.41, 5.74) is 1.88. The minimum atomic E-state index is -1.03. The molecule has 1 heterocycles. The van der Waals surface area contributed by atoms with Gasteiger partial charge in [-0.15, -0.1) is 0 Å². The topological polar surface area (TPSA) is 79.5 Å². The summed E-state index contributed by atoms with van der Waals surface area (Å²) in [4.78, 5) is 23.1. The van der Waals surface area contributed by atoms with E-state index in [-0.39, 0.29) is 11.5 Å². The Bertz CT molecular complexity index is 658. The van der Waals surface area contributed by atoms with E-state index in [0.717, 1.165) is 5.56 Å². The van der Waals surface area contributed by atoms with E-state index < -0.39 is 5.97 Å². The number of rotatable bonds is 4. The van der Waals surface area contributed by atoms with E-state index >= 15 is 0 Å². The van der Waals surface area contributed by atoms with E-state index in [4.69, 9.17) is 9.52 Å². The summed E-state index contributed by atoms with van der Waals surface area (Å²) in [6, 6.07) is 6.21. The average Bonchev–Trinajstić information content (AvgIpc) is 2.89. The molecule has 0 saturated heterocycles. The molecule has 0 aliphatic carbocycles. The van der Waals surface area contributed by atoms with Crippen LogP contribution in [-0.4, -0.2) is 17.0 Å². The second-order valence-corrected chi connectivity index (χ2v) is 4.40. The molecule has 0 radical (unpaired) electrons. The monoisotopic (exact) mass is 273 g/mol. The van der Waals surface area contributed by atoms with Gasteiger partial charge in [0, 0.05) is 12.1 Å². The number of hydrogen-bond donors (Lipinski definition) is 2.